The third-order valence-electron chi connectivity index (χ3n) is 3.61. The van der Waals surface area contributed by atoms with Gasteiger partial charge in [0.15, 0.2) is 0 Å². The molecule has 0 unspecified atom stereocenters. The Morgan fingerprint density at radius 2 is 1.83 bits per heavy atom. The van der Waals surface area contributed by atoms with Gasteiger partial charge in [0.05, 0.1) is 11.0 Å². The highest BCUT2D eigenvalue weighted by atomic mass is 19.1. The minimum Gasteiger partial charge on any atom is -0.340 e. The number of fused-ring (bicyclic) bond motifs is 1. The van der Waals surface area contributed by atoms with Gasteiger partial charge in [-0.2, -0.15) is 0 Å². The summed E-state index contributed by atoms with van der Waals surface area (Å²) < 4.78 is 15.2. The number of benzene rings is 1. The molecular formula is C13H17FN4. The van der Waals surface area contributed by atoms with Gasteiger partial charge in [0.1, 0.15) is 5.82 Å². The van der Waals surface area contributed by atoms with Crippen molar-refractivity contribution in [3.63, 3.8) is 0 Å². The molecule has 0 radical (unpaired) electrons. The van der Waals surface area contributed by atoms with Crippen molar-refractivity contribution in [3.8, 4) is 0 Å². The van der Waals surface area contributed by atoms with Gasteiger partial charge in [-0.3, -0.25) is 0 Å². The number of imidazole rings is 1. The second-order valence-electron chi connectivity index (χ2n) is 4.89. The SMILES string of the molecule is CN1CCN(c2nc3cc(F)ccc3n2C)CC1. The summed E-state index contributed by atoms with van der Waals surface area (Å²) in [6.07, 6.45) is 0. The molecule has 96 valence electrons. The summed E-state index contributed by atoms with van der Waals surface area (Å²) in [6.45, 7) is 4.02. The maximum Gasteiger partial charge on any atom is 0.206 e. The monoisotopic (exact) mass is 248 g/mol. The molecule has 0 N–H and O–H groups in total. The van der Waals surface area contributed by atoms with E-state index in [9.17, 15) is 4.39 Å². The van der Waals surface area contributed by atoms with E-state index in [4.69, 9.17) is 0 Å². The Balaban J connectivity index is 1.99. The Hall–Kier alpha value is -1.62. The Morgan fingerprint density at radius 1 is 1.11 bits per heavy atom. The van der Waals surface area contributed by atoms with E-state index in [0.29, 0.717) is 0 Å². The summed E-state index contributed by atoms with van der Waals surface area (Å²) in [4.78, 5) is 9.12. The predicted octanol–water partition coefficient (Wildman–Crippen LogP) is 1.46. The van der Waals surface area contributed by atoms with Crippen LogP contribution >= 0.6 is 0 Å². The first-order valence-electron chi connectivity index (χ1n) is 6.20. The maximum atomic E-state index is 13.2. The van der Waals surface area contributed by atoms with E-state index in [-0.39, 0.29) is 5.82 Å². The molecular weight excluding hydrogens is 231 g/mol. The molecule has 1 aliphatic rings. The van der Waals surface area contributed by atoms with Crippen molar-refractivity contribution in [3.05, 3.63) is 24.0 Å². The number of hydrogen-bond donors (Lipinski definition) is 0. The summed E-state index contributed by atoms with van der Waals surface area (Å²) in [6, 6.07) is 4.77. The number of anilines is 1. The molecule has 1 fully saturated rings. The van der Waals surface area contributed by atoms with Crippen molar-refractivity contribution < 1.29 is 4.39 Å². The molecule has 1 aromatic carbocycles. The Bertz CT molecular complexity index is 570. The highest BCUT2D eigenvalue weighted by Gasteiger charge is 2.19. The topological polar surface area (TPSA) is 24.3 Å². The number of piperazine rings is 1. The van der Waals surface area contributed by atoms with Gasteiger partial charge in [0.2, 0.25) is 5.95 Å². The Labute approximate surface area is 106 Å². The maximum absolute atomic E-state index is 13.2. The van der Waals surface area contributed by atoms with Crippen LogP contribution in [0.3, 0.4) is 0 Å². The van der Waals surface area contributed by atoms with Crippen molar-refractivity contribution in [2.75, 3.05) is 38.1 Å². The quantitative estimate of drug-likeness (QED) is 0.763. The van der Waals surface area contributed by atoms with Gasteiger partial charge in [-0.25, -0.2) is 9.37 Å². The minimum atomic E-state index is -0.231. The van der Waals surface area contributed by atoms with Crippen LogP contribution in [0.25, 0.3) is 11.0 Å². The summed E-state index contributed by atoms with van der Waals surface area (Å²) in [5, 5.41) is 0. The molecule has 2 aromatic rings. The van der Waals surface area contributed by atoms with E-state index in [1.54, 1.807) is 6.07 Å². The summed E-state index contributed by atoms with van der Waals surface area (Å²) in [5.41, 5.74) is 1.71. The van der Waals surface area contributed by atoms with Crippen LogP contribution in [-0.2, 0) is 7.05 Å². The third kappa shape index (κ3) is 1.84. The molecule has 1 saturated heterocycles. The highest BCUT2D eigenvalue weighted by Crippen LogP contribution is 2.22. The van der Waals surface area contributed by atoms with Crippen LogP contribution in [0.2, 0.25) is 0 Å². The second kappa shape index (κ2) is 4.24. The summed E-state index contributed by atoms with van der Waals surface area (Å²) in [7, 11) is 4.11. The van der Waals surface area contributed by atoms with Crippen LogP contribution in [-0.4, -0.2) is 47.7 Å². The second-order valence-corrected chi connectivity index (χ2v) is 4.89. The number of rotatable bonds is 1. The third-order valence-corrected chi connectivity index (χ3v) is 3.61. The van der Waals surface area contributed by atoms with Crippen LogP contribution in [0.5, 0.6) is 0 Å². The van der Waals surface area contributed by atoms with Crippen molar-refractivity contribution in [2.24, 2.45) is 7.05 Å². The lowest BCUT2D eigenvalue weighted by molar-refractivity contribution is 0.310. The van der Waals surface area contributed by atoms with E-state index >= 15 is 0 Å². The molecule has 5 heteroatoms. The van der Waals surface area contributed by atoms with Crippen molar-refractivity contribution in [1.82, 2.24) is 14.5 Å². The van der Waals surface area contributed by atoms with Crippen molar-refractivity contribution in [2.45, 2.75) is 0 Å². The van der Waals surface area contributed by atoms with Crippen LogP contribution in [0.4, 0.5) is 10.3 Å². The van der Waals surface area contributed by atoms with Gasteiger partial charge >= 0.3 is 0 Å². The van der Waals surface area contributed by atoms with Crippen LogP contribution in [0, 0.1) is 5.82 Å². The van der Waals surface area contributed by atoms with Gasteiger partial charge in [0, 0.05) is 39.3 Å². The lowest BCUT2D eigenvalue weighted by Crippen LogP contribution is -2.45. The molecule has 4 nitrogen and oxygen atoms in total. The van der Waals surface area contributed by atoms with Crippen molar-refractivity contribution >= 4 is 17.0 Å². The number of likely N-dealkylation sites (N-methyl/N-ethyl adjacent to an activating group) is 1. The van der Waals surface area contributed by atoms with E-state index in [2.05, 4.69) is 21.8 Å². The van der Waals surface area contributed by atoms with Gasteiger partial charge in [-0.05, 0) is 19.2 Å². The fourth-order valence-electron chi connectivity index (χ4n) is 2.45. The molecule has 0 atom stereocenters. The van der Waals surface area contributed by atoms with Gasteiger partial charge < -0.3 is 14.4 Å². The number of halogens is 1. The van der Waals surface area contributed by atoms with E-state index < -0.39 is 0 Å². The molecule has 0 aliphatic carbocycles. The van der Waals surface area contributed by atoms with Gasteiger partial charge in [0.25, 0.3) is 0 Å². The van der Waals surface area contributed by atoms with Crippen LogP contribution in [0.15, 0.2) is 18.2 Å². The predicted molar refractivity (Wildman–Crippen MR) is 70.4 cm³/mol. The number of hydrogen-bond acceptors (Lipinski definition) is 3. The average Bonchev–Trinajstić information content (AvgIpc) is 2.67. The zero-order valence-corrected chi connectivity index (χ0v) is 10.7. The summed E-state index contributed by atoms with van der Waals surface area (Å²) in [5.74, 6) is 0.703. The number of aromatic nitrogens is 2. The molecule has 2 heterocycles. The smallest absolute Gasteiger partial charge is 0.206 e. The minimum absolute atomic E-state index is 0.231. The molecule has 0 bridgehead atoms. The number of nitrogens with zero attached hydrogens (tertiary/aromatic N) is 4. The zero-order chi connectivity index (χ0) is 12.7. The van der Waals surface area contributed by atoms with Gasteiger partial charge in [-0.1, -0.05) is 0 Å². The molecule has 0 saturated carbocycles. The lowest BCUT2D eigenvalue weighted by atomic mass is 10.3. The first-order chi connectivity index (χ1) is 8.65. The van der Waals surface area contributed by atoms with Gasteiger partial charge in [-0.15, -0.1) is 0 Å². The molecule has 0 amide bonds. The largest absolute Gasteiger partial charge is 0.340 e. The molecule has 3 rings (SSSR count). The first-order valence-corrected chi connectivity index (χ1v) is 6.20. The fraction of sp³-hybridized carbons (Fsp3) is 0.462. The van der Waals surface area contributed by atoms with E-state index in [0.717, 1.165) is 43.2 Å². The average molecular weight is 248 g/mol. The number of aryl methyl sites for hydroxylation is 1. The zero-order valence-electron chi connectivity index (χ0n) is 10.7. The standard InChI is InChI=1S/C13H17FN4/c1-16-5-7-18(8-6-16)13-15-11-9-10(14)3-4-12(11)17(13)2/h3-4,9H,5-8H2,1-2H3. The highest BCUT2D eigenvalue weighted by molar-refractivity contribution is 5.78. The van der Waals surface area contributed by atoms with Crippen LogP contribution in [0.1, 0.15) is 0 Å². The summed E-state index contributed by atoms with van der Waals surface area (Å²) >= 11 is 0. The molecule has 18 heavy (non-hydrogen) atoms. The molecule has 1 aromatic heterocycles. The van der Waals surface area contributed by atoms with Crippen LogP contribution < -0.4 is 4.90 Å². The first kappa shape index (κ1) is 11.5. The van der Waals surface area contributed by atoms with E-state index in [1.165, 1.54) is 12.1 Å². The van der Waals surface area contributed by atoms with E-state index in [1.807, 2.05) is 11.6 Å². The fourth-order valence-corrected chi connectivity index (χ4v) is 2.45. The van der Waals surface area contributed by atoms with Crippen molar-refractivity contribution in [1.29, 1.82) is 0 Å². The Kier molecular flexibility index (Phi) is 2.70. The lowest BCUT2D eigenvalue weighted by Gasteiger charge is -2.32. The molecule has 1 aliphatic heterocycles. The molecule has 0 spiro atoms. The normalized spacial score (nSPS) is 17.6. The Morgan fingerprint density at radius 3 is 2.56 bits per heavy atom.